The van der Waals surface area contributed by atoms with Crippen LogP contribution in [0.15, 0.2) is 60.9 Å². The van der Waals surface area contributed by atoms with Crippen molar-refractivity contribution < 1.29 is 14.7 Å². The molecule has 196 valence electrons. The standard InChI is InChI=1S/C28H29ClN6O3/c29-24-12-20(4-7-25(24)36)32-28(38)19-8-11-33(14-19)17-26(37)35-16-22-13-23(35)15-34(22)21-5-2-18(3-6-21)27-30-9-1-10-31-27/h1-7,9-10,12,19,22-23,36H,8,11,13-17H2,(H,32,38)/t19-,22-,23-/m1/s1. The number of halogens is 1. The average Bonchev–Trinajstić information content (AvgIpc) is 3.68. The van der Waals surface area contributed by atoms with Gasteiger partial charge in [-0.1, -0.05) is 11.6 Å². The van der Waals surface area contributed by atoms with Crippen molar-refractivity contribution in [2.24, 2.45) is 5.92 Å². The summed E-state index contributed by atoms with van der Waals surface area (Å²) >= 11 is 5.94. The number of aromatic hydroxyl groups is 1. The van der Waals surface area contributed by atoms with Gasteiger partial charge in [-0.2, -0.15) is 0 Å². The maximum atomic E-state index is 13.2. The number of nitrogens with one attached hydrogen (secondary N) is 1. The number of carbonyl (C=O) groups excluding carboxylic acids is 2. The van der Waals surface area contributed by atoms with E-state index in [0.717, 1.165) is 30.8 Å². The Kier molecular flexibility index (Phi) is 6.63. The van der Waals surface area contributed by atoms with Crippen molar-refractivity contribution >= 4 is 34.8 Å². The van der Waals surface area contributed by atoms with Crippen LogP contribution in [0.25, 0.3) is 11.4 Å². The number of aromatic nitrogens is 2. The van der Waals surface area contributed by atoms with E-state index in [1.165, 1.54) is 12.1 Å². The van der Waals surface area contributed by atoms with Gasteiger partial charge in [0.05, 0.1) is 23.5 Å². The van der Waals surface area contributed by atoms with E-state index in [4.69, 9.17) is 11.6 Å². The number of rotatable bonds is 6. The monoisotopic (exact) mass is 532 g/mol. The van der Waals surface area contributed by atoms with Crippen molar-refractivity contribution in [1.82, 2.24) is 19.8 Å². The normalized spacial score (nSPS) is 22.7. The van der Waals surface area contributed by atoms with Crippen molar-refractivity contribution in [3.05, 3.63) is 65.9 Å². The highest BCUT2D eigenvalue weighted by Crippen LogP contribution is 2.35. The first-order valence-electron chi connectivity index (χ1n) is 12.9. The molecule has 3 aliphatic heterocycles. The molecule has 0 saturated carbocycles. The van der Waals surface area contributed by atoms with Gasteiger partial charge in [-0.3, -0.25) is 14.5 Å². The SMILES string of the molecule is O=C(Nc1ccc(O)c(Cl)c1)[C@@H]1CCN(CC(=O)N2C[C@H]3C[C@@H]2CN3c2ccc(-c3ncccn3)cc2)C1. The Labute approximate surface area is 226 Å². The van der Waals surface area contributed by atoms with Gasteiger partial charge in [0, 0.05) is 55.0 Å². The average molecular weight is 533 g/mol. The molecule has 3 aromatic rings. The molecule has 2 N–H and O–H groups in total. The van der Waals surface area contributed by atoms with Gasteiger partial charge in [-0.05, 0) is 67.9 Å². The molecule has 10 heteroatoms. The molecule has 0 unspecified atom stereocenters. The first-order chi connectivity index (χ1) is 18.4. The zero-order chi connectivity index (χ0) is 26.2. The van der Waals surface area contributed by atoms with Crippen molar-refractivity contribution in [3.63, 3.8) is 0 Å². The molecule has 2 amide bonds. The largest absolute Gasteiger partial charge is 0.506 e. The number of phenolic OH excluding ortho intramolecular Hbond substituents is 1. The van der Waals surface area contributed by atoms with Gasteiger partial charge in [-0.15, -0.1) is 0 Å². The fourth-order valence-electron chi connectivity index (χ4n) is 5.84. The van der Waals surface area contributed by atoms with Crippen LogP contribution in [0.1, 0.15) is 12.8 Å². The van der Waals surface area contributed by atoms with Crippen LogP contribution >= 0.6 is 11.6 Å². The second-order valence-electron chi connectivity index (χ2n) is 10.2. The lowest BCUT2D eigenvalue weighted by molar-refractivity contribution is -0.133. The van der Waals surface area contributed by atoms with Crippen LogP contribution in [0.4, 0.5) is 11.4 Å². The van der Waals surface area contributed by atoms with Gasteiger partial charge < -0.3 is 20.2 Å². The van der Waals surface area contributed by atoms with Gasteiger partial charge in [0.25, 0.3) is 0 Å². The second-order valence-corrected chi connectivity index (χ2v) is 10.6. The second kappa shape index (κ2) is 10.2. The predicted octanol–water partition coefficient (Wildman–Crippen LogP) is 3.25. The Hall–Kier alpha value is -3.69. The third-order valence-electron chi connectivity index (χ3n) is 7.80. The molecule has 3 aliphatic rings. The highest BCUT2D eigenvalue weighted by Gasteiger charge is 2.45. The summed E-state index contributed by atoms with van der Waals surface area (Å²) in [7, 11) is 0. The number of benzene rings is 2. The van der Waals surface area contributed by atoms with Crippen molar-refractivity contribution in [1.29, 1.82) is 0 Å². The predicted molar refractivity (Wildman–Crippen MR) is 145 cm³/mol. The molecule has 3 fully saturated rings. The molecule has 2 bridgehead atoms. The quantitative estimate of drug-likeness (QED) is 0.470. The summed E-state index contributed by atoms with van der Waals surface area (Å²) in [4.78, 5) is 41.0. The smallest absolute Gasteiger partial charge is 0.237 e. The maximum Gasteiger partial charge on any atom is 0.237 e. The van der Waals surface area contributed by atoms with Crippen LogP contribution in [-0.2, 0) is 9.59 Å². The van der Waals surface area contributed by atoms with Crippen molar-refractivity contribution in [2.45, 2.75) is 24.9 Å². The number of likely N-dealkylation sites (tertiary alicyclic amines) is 2. The molecule has 2 aromatic carbocycles. The molecular weight excluding hydrogens is 504 g/mol. The first kappa shape index (κ1) is 24.6. The number of carbonyl (C=O) groups is 2. The van der Waals surface area contributed by atoms with E-state index in [9.17, 15) is 14.7 Å². The molecule has 1 aromatic heterocycles. The number of hydrogen-bond donors (Lipinski definition) is 2. The summed E-state index contributed by atoms with van der Waals surface area (Å²) in [6.45, 7) is 3.16. The summed E-state index contributed by atoms with van der Waals surface area (Å²) in [5, 5.41) is 12.6. The fraction of sp³-hybridized carbons (Fsp3) is 0.357. The maximum absolute atomic E-state index is 13.2. The Balaban J connectivity index is 1.00. The molecule has 3 atom stereocenters. The lowest BCUT2D eigenvalue weighted by Gasteiger charge is -2.36. The van der Waals surface area contributed by atoms with Gasteiger partial charge in [0.15, 0.2) is 5.82 Å². The van der Waals surface area contributed by atoms with Gasteiger partial charge in [0.2, 0.25) is 11.8 Å². The van der Waals surface area contributed by atoms with Crippen molar-refractivity contribution in [2.75, 3.05) is 42.9 Å². The summed E-state index contributed by atoms with van der Waals surface area (Å²) < 4.78 is 0. The number of fused-ring (bicyclic) bond motifs is 2. The van der Waals surface area contributed by atoms with Crippen LogP contribution in [0, 0.1) is 5.92 Å². The highest BCUT2D eigenvalue weighted by molar-refractivity contribution is 6.32. The molecule has 6 rings (SSSR count). The van der Waals surface area contributed by atoms with E-state index in [1.54, 1.807) is 24.5 Å². The molecule has 38 heavy (non-hydrogen) atoms. The van der Waals surface area contributed by atoms with E-state index in [1.807, 2.05) is 4.90 Å². The minimum atomic E-state index is -0.190. The minimum absolute atomic E-state index is 0.0231. The van der Waals surface area contributed by atoms with Crippen LogP contribution in [0.5, 0.6) is 5.75 Å². The third kappa shape index (κ3) is 4.91. The Morgan fingerprint density at radius 1 is 1.03 bits per heavy atom. The van der Waals surface area contributed by atoms with Crippen LogP contribution in [-0.4, -0.2) is 81.5 Å². The van der Waals surface area contributed by atoms with E-state index in [0.29, 0.717) is 43.6 Å². The number of hydrogen-bond acceptors (Lipinski definition) is 7. The molecular formula is C28H29ClN6O3. The minimum Gasteiger partial charge on any atom is -0.506 e. The van der Waals surface area contributed by atoms with Gasteiger partial charge in [0.1, 0.15) is 5.75 Å². The summed E-state index contributed by atoms with van der Waals surface area (Å²) in [6, 6.07) is 15.3. The fourth-order valence-corrected chi connectivity index (χ4v) is 6.02. The molecule has 9 nitrogen and oxygen atoms in total. The van der Waals surface area contributed by atoms with E-state index < -0.39 is 0 Å². The first-order valence-corrected chi connectivity index (χ1v) is 13.3. The lowest BCUT2D eigenvalue weighted by atomic mass is 10.1. The highest BCUT2D eigenvalue weighted by atomic mass is 35.5. The van der Waals surface area contributed by atoms with Crippen LogP contribution in [0.2, 0.25) is 5.02 Å². The Morgan fingerprint density at radius 3 is 2.53 bits per heavy atom. The topological polar surface area (TPSA) is 102 Å². The number of piperazine rings is 1. The van der Waals surface area contributed by atoms with E-state index in [-0.39, 0.29) is 34.5 Å². The van der Waals surface area contributed by atoms with Crippen molar-refractivity contribution in [3.8, 4) is 17.1 Å². The summed E-state index contributed by atoms with van der Waals surface area (Å²) in [5.41, 5.74) is 2.69. The molecule has 0 aliphatic carbocycles. The zero-order valence-electron chi connectivity index (χ0n) is 20.8. The third-order valence-corrected chi connectivity index (χ3v) is 8.10. The zero-order valence-corrected chi connectivity index (χ0v) is 21.6. The van der Waals surface area contributed by atoms with Gasteiger partial charge in [-0.25, -0.2) is 9.97 Å². The Morgan fingerprint density at radius 2 is 1.82 bits per heavy atom. The summed E-state index contributed by atoms with van der Waals surface area (Å²) in [5.74, 6) is 0.544. The number of nitrogens with zero attached hydrogens (tertiary/aromatic N) is 5. The molecule has 0 radical (unpaired) electrons. The summed E-state index contributed by atoms with van der Waals surface area (Å²) in [6.07, 6.45) is 5.17. The van der Waals surface area contributed by atoms with Crippen LogP contribution < -0.4 is 10.2 Å². The molecule has 4 heterocycles. The Bertz CT molecular complexity index is 1340. The van der Waals surface area contributed by atoms with Gasteiger partial charge >= 0.3 is 0 Å². The van der Waals surface area contributed by atoms with Crippen LogP contribution in [0.3, 0.4) is 0 Å². The number of phenols is 1. The number of anilines is 2. The van der Waals surface area contributed by atoms with E-state index >= 15 is 0 Å². The lowest BCUT2D eigenvalue weighted by Crippen LogP contribution is -2.51. The molecule has 0 spiro atoms. The number of amides is 2. The molecule has 3 saturated heterocycles. The van der Waals surface area contributed by atoms with E-state index in [2.05, 4.69) is 49.4 Å².